The predicted molar refractivity (Wildman–Crippen MR) is 234 cm³/mol. The minimum atomic E-state index is -4.46. The number of carbonyl (C=O) groups excluding carboxylic acids is 3. The third kappa shape index (κ3) is 30.3. The van der Waals surface area contributed by atoms with E-state index in [1.165, 1.54) is 19.3 Å². The lowest BCUT2D eigenvalue weighted by molar-refractivity contribution is -0.870. The van der Waals surface area contributed by atoms with Gasteiger partial charge in [0.2, 0.25) is 0 Å². The molecule has 1 unspecified atom stereocenters. The number of Topliss-reactive ketones (excluding diaryl/α,β-unsaturated/α-hetero) is 1. The molecule has 0 bridgehead atoms. The zero-order valence-corrected chi connectivity index (χ0v) is 38.1. The monoisotopic (exact) mass is 855 g/mol. The molecule has 0 aromatic heterocycles. The Labute approximate surface area is 356 Å². The van der Waals surface area contributed by atoms with E-state index in [1.54, 1.807) is 12.2 Å². The van der Waals surface area contributed by atoms with Gasteiger partial charge in [-0.15, -0.1) is 0 Å². The molecule has 1 fully saturated rings. The number of rotatable bonds is 36. The summed E-state index contributed by atoms with van der Waals surface area (Å²) in [7, 11) is 1.30. The molecule has 1 aliphatic rings. The lowest BCUT2D eigenvalue weighted by Crippen LogP contribution is -2.37. The minimum absolute atomic E-state index is 0.00739. The zero-order valence-electron chi connectivity index (χ0n) is 37.2. The second kappa shape index (κ2) is 33.2. The van der Waals surface area contributed by atoms with E-state index in [9.17, 15) is 34.1 Å². The number of ether oxygens (including phenoxy) is 2. The molecule has 340 valence electrons. The second-order valence-electron chi connectivity index (χ2n) is 16.9. The molecule has 1 rings (SSSR count). The van der Waals surface area contributed by atoms with Gasteiger partial charge >= 0.3 is 19.8 Å². The third-order valence-electron chi connectivity index (χ3n) is 10.2. The number of carbonyl (C=O) groups is 3. The molecule has 0 aliphatic heterocycles. The number of allylic oxidation sites excluding steroid dienone is 6. The first-order chi connectivity index (χ1) is 28.2. The average molecular weight is 855 g/mol. The Bertz CT molecular complexity index is 1310. The number of ketones is 1. The van der Waals surface area contributed by atoms with Gasteiger partial charge in [0.1, 0.15) is 25.5 Å². The fourth-order valence-electron chi connectivity index (χ4n) is 6.55. The van der Waals surface area contributed by atoms with Gasteiger partial charge in [-0.05, 0) is 64.2 Å². The first-order valence-electron chi connectivity index (χ1n) is 22.5. The Kier molecular flexibility index (Phi) is 30.7. The highest BCUT2D eigenvalue weighted by Gasteiger charge is 2.39. The maximum Gasteiger partial charge on any atom is 0.472 e. The Morgan fingerprint density at radius 2 is 1.41 bits per heavy atom. The number of aliphatic hydroxyl groups excluding tert-OH is 2. The smallest absolute Gasteiger partial charge is 0.462 e. The summed E-state index contributed by atoms with van der Waals surface area (Å²) in [6.45, 7) is 3.95. The number of quaternary nitrogens is 1. The number of unbranched alkanes of at least 4 members (excludes halogenated alkanes) is 11. The molecule has 0 radical (unpaired) electrons. The average Bonchev–Trinajstić information content (AvgIpc) is 3.44. The molecular formula is C46H81NO11P+. The Hall–Kier alpha value is -2.44. The van der Waals surface area contributed by atoms with Crippen LogP contribution in [-0.4, -0.2) is 103 Å². The van der Waals surface area contributed by atoms with E-state index >= 15 is 0 Å². The van der Waals surface area contributed by atoms with Crippen LogP contribution in [-0.2, 0) is 37.5 Å². The highest BCUT2D eigenvalue weighted by atomic mass is 31.2. The molecule has 0 aromatic carbocycles. The highest BCUT2D eigenvalue weighted by Crippen LogP contribution is 2.43. The van der Waals surface area contributed by atoms with E-state index in [0.29, 0.717) is 43.1 Å². The molecular weight excluding hydrogens is 773 g/mol. The van der Waals surface area contributed by atoms with Crippen molar-refractivity contribution in [3.8, 4) is 0 Å². The maximum atomic E-state index is 12.8. The van der Waals surface area contributed by atoms with Crippen LogP contribution in [0.15, 0.2) is 48.6 Å². The van der Waals surface area contributed by atoms with E-state index in [0.717, 1.165) is 64.2 Å². The first kappa shape index (κ1) is 54.6. The van der Waals surface area contributed by atoms with Crippen molar-refractivity contribution >= 4 is 25.5 Å². The molecule has 0 spiro atoms. The van der Waals surface area contributed by atoms with Crippen LogP contribution < -0.4 is 0 Å². The van der Waals surface area contributed by atoms with E-state index < -0.39 is 44.7 Å². The summed E-state index contributed by atoms with van der Waals surface area (Å²) in [5.74, 6) is -1.75. The number of phosphoric acid groups is 1. The molecule has 0 amide bonds. The fraction of sp³-hybridized carbons (Fsp3) is 0.761. The van der Waals surface area contributed by atoms with Crippen molar-refractivity contribution in [3.05, 3.63) is 48.6 Å². The molecule has 12 nitrogen and oxygen atoms in total. The standard InChI is InChI=1S/C46H80NO11P/c1-6-8-10-11-12-13-14-15-16-17-18-19-20-21-26-30-45(51)55-37-40(38-57-59(53,54)56-35-34-47(3,4)5)58-46(52)31-27-23-22-25-29-41-42(44(50)36-43(41)49)33-32-39(48)28-24-9-7-2/h12-13,15-16,22,25,32-33,39-42,44,48,50H,6-11,14,17-21,23-24,26-31,34-38H2,1-5H3/p+1/b13-12-,16-15-,25-22-,33-32+/t39-,40+,41+,42+,44+/m0/s1. The van der Waals surface area contributed by atoms with Gasteiger partial charge in [-0.1, -0.05) is 114 Å². The SMILES string of the molecule is CCCCC/C=C\C/C=C\CCCCCCCC(=O)OC[C@H](COP(=O)(O)OCC[N+](C)(C)C)OC(=O)CCC/C=C\C[C@H]1C(=O)C[C@@H](O)[C@@H]1/C=C/[C@@H](O)CCCCC. The minimum Gasteiger partial charge on any atom is -0.462 e. The van der Waals surface area contributed by atoms with Gasteiger partial charge in [-0.2, -0.15) is 0 Å². The molecule has 3 N–H and O–H groups in total. The molecule has 6 atom stereocenters. The van der Waals surface area contributed by atoms with Crippen LogP contribution in [0.4, 0.5) is 0 Å². The maximum absolute atomic E-state index is 12.8. The summed E-state index contributed by atoms with van der Waals surface area (Å²) in [5, 5.41) is 20.7. The largest absolute Gasteiger partial charge is 0.472 e. The molecule has 59 heavy (non-hydrogen) atoms. The van der Waals surface area contributed by atoms with Crippen molar-refractivity contribution in [2.45, 2.75) is 167 Å². The van der Waals surface area contributed by atoms with E-state index in [1.807, 2.05) is 33.3 Å². The van der Waals surface area contributed by atoms with Gasteiger partial charge in [0.15, 0.2) is 6.10 Å². The number of nitrogens with zero attached hydrogens (tertiary/aromatic N) is 1. The van der Waals surface area contributed by atoms with Gasteiger partial charge < -0.3 is 29.1 Å². The molecule has 1 aliphatic carbocycles. The quantitative estimate of drug-likeness (QED) is 0.0181. The van der Waals surface area contributed by atoms with Crippen LogP contribution in [0.2, 0.25) is 0 Å². The van der Waals surface area contributed by atoms with Crippen LogP contribution in [0.5, 0.6) is 0 Å². The van der Waals surface area contributed by atoms with Gasteiger partial charge in [0, 0.05) is 31.1 Å². The molecule has 0 aromatic rings. The van der Waals surface area contributed by atoms with Crippen molar-refractivity contribution in [3.63, 3.8) is 0 Å². The third-order valence-corrected chi connectivity index (χ3v) is 11.2. The molecule has 0 saturated heterocycles. The number of hydrogen-bond donors (Lipinski definition) is 3. The van der Waals surface area contributed by atoms with Crippen LogP contribution in [0.3, 0.4) is 0 Å². The van der Waals surface area contributed by atoms with Gasteiger partial charge in [-0.3, -0.25) is 23.4 Å². The first-order valence-corrected chi connectivity index (χ1v) is 24.0. The summed E-state index contributed by atoms with van der Waals surface area (Å²) in [4.78, 5) is 48.1. The highest BCUT2D eigenvalue weighted by molar-refractivity contribution is 7.47. The summed E-state index contributed by atoms with van der Waals surface area (Å²) in [5.41, 5.74) is 0. The second-order valence-corrected chi connectivity index (χ2v) is 18.3. The topological polar surface area (TPSA) is 166 Å². The number of likely N-dealkylation sites (N-methyl/N-ethyl adjacent to an activating group) is 1. The summed E-state index contributed by atoms with van der Waals surface area (Å²) < 4.78 is 34.2. The Morgan fingerprint density at radius 1 is 0.797 bits per heavy atom. The number of aliphatic hydroxyl groups is 2. The summed E-state index contributed by atoms with van der Waals surface area (Å²) >= 11 is 0. The normalized spacial score (nSPS) is 19.7. The van der Waals surface area contributed by atoms with Crippen molar-refractivity contribution in [1.82, 2.24) is 0 Å². The van der Waals surface area contributed by atoms with E-state index in [2.05, 4.69) is 38.2 Å². The summed E-state index contributed by atoms with van der Waals surface area (Å²) in [6.07, 6.45) is 30.9. The molecule has 0 heterocycles. The van der Waals surface area contributed by atoms with Crippen LogP contribution in [0.25, 0.3) is 0 Å². The molecule has 1 saturated carbocycles. The number of phosphoric ester groups is 1. The molecule has 13 heteroatoms. The van der Waals surface area contributed by atoms with Crippen molar-refractivity contribution in [2.24, 2.45) is 11.8 Å². The van der Waals surface area contributed by atoms with Crippen LogP contribution >= 0.6 is 7.82 Å². The predicted octanol–water partition coefficient (Wildman–Crippen LogP) is 9.27. The van der Waals surface area contributed by atoms with Gasteiger partial charge in [0.05, 0.1) is 40.0 Å². The lowest BCUT2D eigenvalue weighted by Gasteiger charge is -2.24. The Balaban J connectivity index is 2.53. The lowest BCUT2D eigenvalue weighted by atomic mass is 9.90. The summed E-state index contributed by atoms with van der Waals surface area (Å²) in [6, 6.07) is 0. The van der Waals surface area contributed by atoms with Gasteiger partial charge in [0.25, 0.3) is 0 Å². The Morgan fingerprint density at radius 3 is 2.10 bits per heavy atom. The van der Waals surface area contributed by atoms with Crippen molar-refractivity contribution in [2.75, 3.05) is 47.5 Å². The number of esters is 2. The fourth-order valence-corrected chi connectivity index (χ4v) is 7.29. The van der Waals surface area contributed by atoms with Crippen LogP contribution in [0, 0.1) is 11.8 Å². The van der Waals surface area contributed by atoms with Crippen molar-refractivity contribution in [1.29, 1.82) is 0 Å². The van der Waals surface area contributed by atoms with E-state index in [-0.39, 0.29) is 50.1 Å². The van der Waals surface area contributed by atoms with Gasteiger partial charge in [-0.25, -0.2) is 4.57 Å². The number of hydrogen-bond acceptors (Lipinski definition) is 10. The van der Waals surface area contributed by atoms with Crippen LogP contribution in [0.1, 0.15) is 149 Å². The van der Waals surface area contributed by atoms with E-state index in [4.69, 9.17) is 18.5 Å². The van der Waals surface area contributed by atoms with Crippen molar-refractivity contribution < 1.29 is 57.1 Å². The zero-order chi connectivity index (χ0) is 43.8.